The summed E-state index contributed by atoms with van der Waals surface area (Å²) >= 11 is 5.25. The van der Waals surface area contributed by atoms with Crippen molar-refractivity contribution in [3.8, 4) is 5.75 Å². The summed E-state index contributed by atoms with van der Waals surface area (Å²) in [5.74, 6) is 1.71. The Morgan fingerprint density at radius 1 is 1.25 bits per heavy atom. The molecule has 0 fully saturated rings. The summed E-state index contributed by atoms with van der Waals surface area (Å²) in [7, 11) is 1.67. The lowest BCUT2D eigenvalue weighted by atomic mass is 10.2. The number of thioether (sulfide) groups is 1. The Morgan fingerprint density at radius 3 is 2.90 bits per heavy atom. The van der Waals surface area contributed by atoms with E-state index in [0.29, 0.717) is 0 Å². The van der Waals surface area contributed by atoms with E-state index in [1.54, 1.807) is 18.9 Å². The highest BCUT2D eigenvalue weighted by molar-refractivity contribution is 9.10. The van der Waals surface area contributed by atoms with Gasteiger partial charge in [-0.25, -0.2) is 4.98 Å². The second-order valence-electron chi connectivity index (χ2n) is 4.31. The maximum Gasteiger partial charge on any atom is 0.166 e. The van der Waals surface area contributed by atoms with Crippen molar-refractivity contribution in [2.45, 2.75) is 10.9 Å². The molecule has 3 nitrogen and oxygen atoms in total. The minimum absolute atomic E-state index is 0.837. The quantitative estimate of drug-likeness (QED) is 0.698. The average molecular weight is 349 g/mol. The molecular formula is C15H13BrN2OS. The van der Waals surface area contributed by atoms with Crippen LogP contribution >= 0.6 is 27.7 Å². The molecule has 0 spiro atoms. The summed E-state index contributed by atoms with van der Waals surface area (Å²) in [5.41, 5.74) is 3.22. The summed E-state index contributed by atoms with van der Waals surface area (Å²) in [6.07, 6.45) is 0. The molecule has 0 saturated carbocycles. The van der Waals surface area contributed by atoms with Crippen LogP contribution in [0.3, 0.4) is 0 Å². The lowest BCUT2D eigenvalue weighted by Crippen LogP contribution is -1.83. The third-order valence-corrected chi connectivity index (χ3v) is 4.69. The van der Waals surface area contributed by atoms with Gasteiger partial charge < -0.3 is 9.72 Å². The van der Waals surface area contributed by atoms with Gasteiger partial charge in [0.1, 0.15) is 5.75 Å². The van der Waals surface area contributed by atoms with Gasteiger partial charge in [-0.15, -0.1) is 0 Å². The number of H-pyrrole nitrogens is 1. The van der Waals surface area contributed by atoms with Gasteiger partial charge >= 0.3 is 0 Å². The molecule has 0 atom stereocenters. The number of nitrogens with zero attached hydrogens (tertiary/aromatic N) is 1. The van der Waals surface area contributed by atoms with Crippen LogP contribution in [0.25, 0.3) is 11.0 Å². The van der Waals surface area contributed by atoms with E-state index < -0.39 is 0 Å². The number of rotatable bonds is 4. The summed E-state index contributed by atoms with van der Waals surface area (Å²) in [6, 6.07) is 14.1. The number of nitrogens with one attached hydrogen (secondary N) is 1. The van der Waals surface area contributed by atoms with Gasteiger partial charge in [-0.3, -0.25) is 0 Å². The third kappa shape index (κ3) is 2.83. The van der Waals surface area contributed by atoms with Crippen LogP contribution < -0.4 is 4.74 Å². The third-order valence-electron chi connectivity index (χ3n) is 2.99. The maximum atomic E-state index is 5.22. The lowest BCUT2D eigenvalue weighted by Gasteiger charge is -2.01. The van der Waals surface area contributed by atoms with Gasteiger partial charge in [-0.2, -0.15) is 0 Å². The first-order valence-electron chi connectivity index (χ1n) is 6.16. The molecule has 0 aliphatic rings. The molecular weight excluding hydrogens is 336 g/mol. The molecule has 5 heteroatoms. The highest BCUT2D eigenvalue weighted by Crippen LogP contribution is 2.27. The van der Waals surface area contributed by atoms with Crippen LogP contribution in [0.2, 0.25) is 0 Å². The fourth-order valence-corrected chi connectivity index (χ4v) is 3.42. The summed E-state index contributed by atoms with van der Waals surface area (Å²) in [6.45, 7) is 0. The second-order valence-corrected chi connectivity index (χ2v) is 6.12. The Bertz CT molecular complexity index is 742. The van der Waals surface area contributed by atoms with E-state index in [9.17, 15) is 0 Å². The van der Waals surface area contributed by atoms with E-state index in [0.717, 1.165) is 32.2 Å². The molecule has 1 aromatic heterocycles. The molecule has 0 amide bonds. The second kappa shape index (κ2) is 5.89. The first-order valence-corrected chi connectivity index (χ1v) is 7.94. The molecule has 0 aliphatic heterocycles. The van der Waals surface area contributed by atoms with Gasteiger partial charge in [0.2, 0.25) is 0 Å². The van der Waals surface area contributed by atoms with Crippen LogP contribution in [0, 0.1) is 0 Å². The zero-order valence-electron chi connectivity index (χ0n) is 10.9. The van der Waals surface area contributed by atoms with Gasteiger partial charge in [-0.1, -0.05) is 45.9 Å². The molecule has 1 heterocycles. The lowest BCUT2D eigenvalue weighted by molar-refractivity contribution is 0.415. The highest BCUT2D eigenvalue weighted by atomic mass is 79.9. The molecule has 0 unspecified atom stereocenters. The Balaban J connectivity index is 1.79. The molecule has 2 aromatic carbocycles. The van der Waals surface area contributed by atoms with E-state index in [2.05, 4.69) is 38.0 Å². The Hall–Kier alpha value is -1.46. The molecule has 102 valence electrons. The van der Waals surface area contributed by atoms with Crippen molar-refractivity contribution >= 4 is 38.7 Å². The van der Waals surface area contributed by atoms with E-state index in [1.165, 1.54) is 5.56 Å². The number of halogens is 1. The minimum Gasteiger partial charge on any atom is -0.497 e. The summed E-state index contributed by atoms with van der Waals surface area (Å²) < 4.78 is 6.35. The molecule has 3 aromatic rings. The predicted molar refractivity (Wildman–Crippen MR) is 86.3 cm³/mol. The monoisotopic (exact) mass is 348 g/mol. The van der Waals surface area contributed by atoms with Crippen LogP contribution in [0.4, 0.5) is 0 Å². The molecule has 0 bridgehead atoms. The van der Waals surface area contributed by atoms with Crippen molar-refractivity contribution in [3.05, 3.63) is 52.5 Å². The van der Waals surface area contributed by atoms with Gasteiger partial charge in [0, 0.05) is 16.3 Å². The minimum atomic E-state index is 0.837. The average Bonchev–Trinajstić information content (AvgIpc) is 2.88. The smallest absolute Gasteiger partial charge is 0.166 e. The Morgan fingerprint density at radius 2 is 2.10 bits per heavy atom. The van der Waals surface area contributed by atoms with Crippen molar-refractivity contribution in [2.75, 3.05) is 7.11 Å². The van der Waals surface area contributed by atoms with Crippen molar-refractivity contribution in [3.63, 3.8) is 0 Å². The Kier molecular flexibility index (Phi) is 3.98. The first-order chi connectivity index (χ1) is 9.76. The van der Waals surface area contributed by atoms with Gasteiger partial charge in [-0.05, 0) is 23.8 Å². The standard InChI is InChI=1S/C15H13BrN2OS/c1-19-11-6-7-13-14(8-11)18-15(17-13)20-9-10-4-2-3-5-12(10)16/h2-8H,9H2,1H3,(H,17,18). The summed E-state index contributed by atoms with van der Waals surface area (Å²) in [5, 5.41) is 0.920. The molecule has 0 radical (unpaired) electrons. The van der Waals surface area contributed by atoms with Crippen LogP contribution in [-0.2, 0) is 5.75 Å². The maximum absolute atomic E-state index is 5.22. The largest absolute Gasteiger partial charge is 0.497 e. The van der Waals surface area contributed by atoms with Crippen molar-refractivity contribution < 1.29 is 4.74 Å². The van der Waals surface area contributed by atoms with Crippen LogP contribution in [-0.4, -0.2) is 17.1 Å². The molecule has 3 rings (SSSR count). The number of benzene rings is 2. The zero-order valence-corrected chi connectivity index (χ0v) is 13.3. The van der Waals surface area contributed by atoms with E-state index in [-0.39, 0.29) is 0 Å². The molecule has 1 N–H and O–H groups in total. The first kappa shape index (κ1) is 13.5. The number of hydrogen-bond donors (Lipinski definition) is 1. The molecule has 0 aliphatic carbocycles. The van der Waals surface area contributed by atoms with Crippen molar-refractivity contribution in [2.24, 2.45) is 0 Å². The van der Waals surface area contributed by atoms with Crippen molar-refractivity contribution in [1.82, 2.24) is 9.97 Å². The van der Waals surface area contributed by atoms with E-state index >= 15 is 0 Å². The molecule has 0 saturated heterocycles. The fourth-order valence-electron chi connectivity index (χ4n) is 1.92. The number of imidazole rings is 1. The SMILES string of the molecule is COc1ccc2nc(SCc3ccccc3Br)[nH]c2c1. The Labute approximate surface area is 129 Å². The van der Waals surface area contributed by atoms with Crippen LogP contribution in [0.15, 0.2) is 52.1 Å². The predicted octanol–water partition coefficient (Wildman–Crippen LogP) is 4.63. The van der Waals surface area contributed by atoms with Crippen LogP contribution in [0.5, 0.6) is 5.75 Å². The number of ether oxygens (including phenoxy) is 1. The summed E-state index contributed by atoms with van der Waals surface area (Å²) in [4.78, 5) is 7.89. The van der Waals surface area contributed by atoms with Crippen molar-refractivity contribution in [1.29, 1.82) is 0 Å². The van der Waals surface area contributed by atoms with E-state index in [4.69, 9.17) is 4.74 Å². The number of aromatic nitrogens is 2. The fraction of sp³-hybridized carbons (Fsp3) is 0.133. The van der Waals surface area contributed by atoms with Crippen LogP contribution in [0.1, 0.15) is 5.56 Å². The van der Waals surface area contributed by atoms with E-state index in [1.807, 2.05) is 30.3 Å². The number of methoxy groups -OCH3 is 1. The molecule has 20 heavy (non-hydrogen) atoms. The van der Waals surface area contributed by atoms with Gasteiger partial charge in [0.15, 0.2) is 5.16 Å². The normalized spacial score (nSPS) is 10.9. The van der Waals surface area contributed by atoms with Gasteiger partial charge in [0.25, 0.3) is 0 Å². The number of fused-ring (bicyclic) bond motifs is 1. The zero-order chi connectivity index (χ0) is 13.9. The van der Waals surface area contributed by atoms with Gasteiger partial charge in [0.05, 0.1) is 18.1 Å². The highest BCUT2D eigenvalue weighted by Gasteiger charge is 2.06. The number of hydrogen-bond acceptors (Lipinski definition) is 3. The number of aromatic amines is 1. The topological polar surface area (TPSA) is 37.9 Å².